The van der Waals surface area contributed by atoms with Gasteiger partial charge in [-0.15, -0.1) is 0 Å². The molecule has 28 heavy (non-hydrogen) atoms. The fraction of sp³-hybridized carbons (Fsp3) is 0.619. The number of carbonyl (C=O) groups is 2. The van der Waals surface area contributed by atoms with Gasteiger partial charge >= 0.3 is 6.03 Å². The molecule has 2 aliphatic heterocycles. The topological polar surface area (TPSA) is 79.9 Å². The predicted octanol–water partition coefficient (Wildman–Crippen LogP) is 2.79. The lowest BCUT2D eigenvalue weighted by Gasteiger charge is -2.33. The zero-order valence-corrected chi connectivity index (χ0v) is 16.2. The Balaban J connectivity index is 1.20. The van der Waals surface area contributed by atoms with Crippen LogP contribution >= 0.6 is 0 Å². The summed E-state index contributed by atoms with van der Waals surface area (Å²) >= 11 is 0. The van der Waals surface area contributed by atoms with E-state index in [2.05, 4.69) is 10.6 Å². The summed E-state index contributed by atoms with van der Waals surface area (Å²) in [5.74, 6) is 1.50. The Morgan fingerprint density at radius 3 is 2.54 bits per heavy atom. The molecule has 2 fully saturated rings. The van der Waals surface area contributed by atoms with Crippen molar-refractivity contribution in [1.29, 1.82) is 0 Å². The molecule has 3 aliphatic rings. The van der Waals surface area contributed by atoms with Crippen LogP contribution in [0, 0.1) is 5.92 Å². The summed E-state index contributed by atoms with van der Waals surface area (Å²) in [4.78, 5) is 26.8. The minimum absolute atomic E-state index is 0.0334. The van der Waals surface area contributed by atoms with Crippen molar-refractivity contribution in [2.75, 3.05) is 19.9 Å². The number of likely N-dealkylation sites (tertiary alicyclic amines) is 1. The summed E-state index contributed by atoms with van der Waals surface area (Å²) in [6.45, 7) is 2.00. The van der Waals surface area contributed by atoms with Gasteiger partial charge in [-0.2, -0.15) is 0 Å². The van der Waals surface area contributed by atoms with E-state index in [9.17, 15) is 9.59 Å². The van der Waals surface area contributed by atoms with E-state index in [0.717, 1.165) is 29.9 Å². The summed E-state index contributed by atoms with van der Waals surface area (Å²) in [7, 11) is 0. The second-order valence-electron chi connectivity index (χ2n) is 7.95. The molecule has 2 N–H and O–H groups in total. The highest BCUT2D eigenvalue weighted by Gasteiger charge is 2.28. The highest BCUT2D eigenvalue weighted by atomic mass is 16.7. The van der Waals surface area contributed by atoms with E-state index in [0.29, 0.717) is 38.5 Å². The zero-order valence-electron chi connectivity index (χ0n) is 16.2. The number of nitrogens with one attached hydrogen (secondary N) is 2. The predicted molar refractivity (Wildman–Crippen MR) is 104 cm³/mol. The summed E-state index contributed by atoms with van der Waals surface area (Å²) in [6.07, 6.45) is 7.29. The van der Waals surface area contributed by atoms with Crippen LogP contribution in [0.2, 0.25) is 0 Å². The van der Waals surface area contributed by atoms with Crippen LogP contribution in [0.4, 0.5) is 4.79 Å². The van der Waals surface area contributed by atoms with Crippen LogP contribution in [-0.4, -0.2) is 42.8 Å². The van der Waals surface area contributed by atoms with E-state index in [1.54, 1.807) is 0 Å². The number of piperidine rings is 1. The van der Waals surface area contributed by atoms with Gasteiger partial charge in [0.05, 0.1) is 0 Å². The number of ether oxygens (including phenoxy) is 2. The third-order valence-corrected chi connectivity index (χ3v) is 5.99. The van der Waals surface area contributed by atoms with Gasteiger partial charge in [0, 0.05) is 31.6 Å². The number of carbonyl (C=O) groups excluding carboxylic acids is 2. The maximum atomic E-state index is 12.5. The Kier molecular flexibility index (Phi) is 5.88. The van der Waals surface area contributed by atoms with Crippen molar-refractivity contribution in [3.05, 3.63) is 23.8 Å². The van der Waals surface area contributed by atoms with Crippen LogP contribution < -0.4 is 20.1 Å². The molecule has 7 heteroatoms. The molecule has 4 rings (SSSR count). The maximum Gasteiger partial charge on any atom is 0.317 e. The molecule has 0 spiro atoms. The summed E-state index contributed by atoms with van der Waals surface area (Å²) in [5.41, 5.74) is 0.988. The minimum Gasteiger partial charge on any atom is -0.454 e. The fourth-order valence-electron chi connectivity index (χ4n) is 4.24. The number of nitrogens with zero attached hydrogens (tertiary/aromatic N) is 1. The highest BCUT2D eigenvalue weighted by molar-refractivity contribution is 5.79. The first kappa shape index (κ1) is 18.9. The van der Waals surface area contributed by atoms with Crippen LogP contribution in [0.3, 0.4) is 0 Å². The van der Waals surface area contributed by atoms with Crippen LogP contribution in [-0.2, 0) is 11.3 Å². The number of benzene rings is 1. The zero-order chi connectivity index (χ0) is 19.3. The smallest absolute Gasteiger partial charge is 0.317 e. The molecule has 0 atom stereocenters. The normalized spacial score (nSPS) is 20.1. The standard InChI is InChI=1S/C21H29N3O4/c25-20(22-13-15-6-7-18-19(12-15)28-14-27-18)16-8-10-24(11-9-16)21(26)23-17-4-2-1-3-5-17/h6-7,12,16-17H,1-5,8-11,13-14H2,(H,22,25)(H,23,26). The highest BCUT2D eigenvalue weighted by Crippen LogP contribution is 2.32. The van der Waals surface area contributed by atoms with Crippen LogP contribution in [0.15, 0.2) is 18.2 Å². The lowest BCUT2D eigenvalue weighted by Crippen LogP contribution is -2.49. The Labute approximate surface area is 165 Å². The van der Waals surface area contributed by atoms with E-state index in [1.807, 2.05) is 23.1 Å². The SMILES string of the molecule is O=C(NCc1ccc2c(c1)OCO2)C1CCN(C(=O)NC2CCCCC2)CC1. The molecule has 2 heterocycles. The fourth-order valence-corrected chi connectivity index (χ4v) is 4.24. The van der Waals surface area contributed by atoms with Crippen molar-refractivity contribution in [3.8, 4) is 11.5 Å². The molecular weight excluding hydrogens is 358 g/mol. The van der Waals surface area contributed by atoms with Crippen molar-refractivity contribution in [1.82, 2.24) is 15.5 Å². The Morgan fingerprint density at radius 1 is 1.00 bits per heavy atom. The van der Waals surface area contributed by atoms with Gasteiger partial charge < -0.3 is 25.0 Å². The molecule has 0 radical (unpaired) electrons. The maximum absolute atomic E-state index is 12.5. The van der Waals surface area contributed by atoms with Gasteiger partial charge in [-0.3, -0.25) is 4.79 Å². The largest absolute Gasteiger partial charge is 0.454 e. The van der Waals surface area contributed by atoms with E-state index in [4.69, 9.17) is 9.47 Å². The first-order valence-corrected chi connectivity index (χ1v) is 10.4. The summed E-state index contributed by atoms with van der Waals surface area (Å²) in [6, 6.07) is 6.06. The molecular formula is C21H29N3O4. The molecule has 3 amide bonds. The molecule has 0 aromatic heterocycles. The quantitative estimate of drug-likeness (QED) is 0.833. The van der Waals surface area contributed by atoms with Crippen molar-refractivity contribution in [3.63, 3.8) is 0 Å². The number of hydrogen-bond donors (Lipinski definition) is 2. The number of fused-ring (bicyclic) bond motifs is 1. The first-order chi connectivity index (χ1) is 13.7. The van der Waals surface area contributed by atoms with Gasteiger partial charge in [0.1, 0.15) is 0 Å². The average molecular weight is 387 g/mol. The Morgan fingerprint density at radius 2 is 1.75 bits per heavy atom. The van der Waals surface area contributed by atoms with Crippen molar-refractivity contribution in [2.24, 2.45) is 5.92 Å². The molecule has 1 saturated heterocycles. The number of amides is 3. The van der Waals surface area contributed by atoms with E-state index >= 15 is 0 Å². The molecule has 0 bridgehead atoms. The molecule has 1 aliphatic carbocycles. The van der Waals surface area contributed by atoms with Crippen molar-refractivity contribution >= 4 is 11.9 Å². The molecule has 1 aromatic rings. The number of hydrogen-bond acceptors (Lipinski definition) is 4. The molecule has 0 unspecified atom stereocenters. The molecule has 1 aromatic carbocycles. The monoisotopic (exact) mass is 387 g/mol. The Hall–Kier alpha value is -2.44. The van der Waals surface area contributed by atoms with Crippen LogP contribution in [0.25, 0.3) is 0 Å². The van der Waals surface area contributed by atoms with Gasteiger partial charge in [-0.1, -0.05) is 25.3 Å². The molecule has 152 valence electrons. The van der Waals surface area contributed by atoms with Gasteiger partial charge in [0.2, 0.25) is 12.7 Å². The van der Waals surface area contributed by atoms with Crippen molar-refractivity contribution in [2.45, 2.75) is 57.5 Å². The first-order valence-electron chi connectivity index (χ1n) is 10.4. The van der Waals surface area contributed by atoms with Gasteiger partial charge in [0.25, 0.3) is 0 Å². The van der Waals surface area contributed by atoms with E-state index in [-0.39, 0.29) is 24.6 Å². The van der Waals surface area contributed by atoms with E-state index < -0.39 is 0 Å². The van der Waals surface area contributed by atoms with Gasteiger partial charge in [0.15, 0.2) is 11.5 Å². The third kappa shape index (κ3) is 4.51. The second-order valence-corrected chi connectivity index (χ2v) is 7.95. The minimum atomic E-state index is -0.0345. The third-order valence-electron chi connectivity index (χ3n) is 5.99. The lowest BCUT2D eigenvalue weighted by molar-refractivity contribution is -0.126. The molecule has 7 nitrogen and oxygen atoms in total. The van der Waals surface area contributed by atoms with Crippen molar-refractivity contribution < 1.29 is 19.1 Å². The summed E-state index contributed by atoms with van der Waals surface area (Å²) in [5, 5.41) is 6.18. The Bertz CT molecular complexity index is 710. The summed E-state index contributed by atoms with van der Waals surface area (Å²) < 4.78 is 10.7. The molecule has 1 saturated carbocycles. The van der Waals surface area contributed by atoms with Crippen LogP contribution in [0.1, 0.15) is 50.5 Å². The second kappa shape index (κ2) is 8.71. The van der Waals surface area contributed by atoms with Crippen LogP contribution in [0.5, 0.6) is 11.5 Å². The average Bonchev–Trinajstić information content (AvgIpc) is 3.21. The number of urea groups is 1. The lowest BCUT2D eigenvalue weighted by atomic mass is 9.95. The van der Waals surface area contributed by atoms with E-state index in [1.165, 1.54) is 19.3 Å². The van der Waals surface area contributed by atoms with Gasteiger partial charge in [-0.05, 0) is 43.4 Å². The number of rotatable bonds is 4. The van der Waals surface area contributed by atoms with Gasteiger partial charge in [-0.25, -0.2) is 4.79 Å².